The number of pyridine rings is 1. The van der Waals surface area contributed by atoms with Crippen LogP contribution in [-0.2, 0) is 6.42 Å². The Labute approximate surface area is 168 Å². The van der Waals surface area contributed by atoms with Crippen molar-refractivity contribution >= 4 is 29.0 Å². The Morgan fingerprint density at radius 3 is 2.30 bits per heavy atom. The average Bonchev–Trinajstić information content (AvgIpc) is 2.67. The Hall–Kier alpha value is -2.24. The lowest BCUT2D eigenvalue weighted by molar-refractivity contribution is 0.0989. The van der Waals surface area contributed by atoms with Crippen LogP contribution in [0.4, 0.5) is 0 Å². The monoisotopic (exact) mass is 409 g/mol. The van der Waals surface area contributed by atoms with Crippen molar-refractivity contribution in [3.8, 4) is 17.2 Å². The van der Waals surface area contributed by atoms with Crippen LogP contribution in [0.2, 0.25) is 10.0 Å². The molecule has 1 aromatic heterocycles. The van der Waals surface area contributed by atoms with Crippen molar-refractivity contribution in [2.24, 2.45) is 0 Å². The third kappa shape index (κ3) is 4.73. The minimum atomic E-state index is -0.215. The van der Waals surface area contributed by atoms with Crippen molar-refractivity contribution in [2.75, 3.05) is 14.2 Å². The number of ether oxygens (including phenoxy) is 3. The van der Waals surface area contributed by atoms with E-state index in [4.69, 9.17) is 37.4 Å². The van der Waals surface area contributed by atoms with E-state index in [1.54, 1.807) is 12.1 Å². The number of methoxy groups -OCH3 is 2. The van der Waals surface area contributed by atoms with Gasteiger partial charge in [-0.15, -0.1) is 0 Å². The highest BCUT2D eigenvalue weighted by molar-refractivity contribution is 6.36. The summed E-state index contributed by atoms with van der Waals surface area (Å²) in [7, 11) is 3.02. The van der Waals surface area contributed by atoms with Crippen LogP contribution in [0, 0.1) is 0 Å². The molecule has 2 rings (SSSR count). The number of carbonyl (C=O) groups is 1. The summed E-state index contributed by atoms with van der Waals surface area (Å²) >= 11 is 12.3. The van der Waals surface area contributed by atoms with Gasteiger partial charge in [-0.25, -0.2) is 0 Å². The van der Waals surface area contributed by atoms with Crippen LogP contribution in [0.1, 0.15) is 36.2 Å². The number of ketones is 1. The lowest BCUT2D eigenvalue weighted by Crippen LogP contribution is -2.10. The van der Waals surface area contributed by atoms with Gasteiger partial charge < -0.3 is 14.2 Å². The molecule has 0 bridgehead atoms. The molecule has 0 amide bonds. The number of carbonyl (C=O) groups excluding carboxylic acids is 1. The van der Waals surface area contributed by atoms with Crippen LogP contribution in [-0.4, -0.2) is 25.0 Å². The van der Waals surface area contributed by atoms with Crippen molar-refractivity contribution in [2.45, 2.75) is 26.7 Å². The number of hydrogen-bond acceptors (Lipinski definition) is 5. The molecule has 5 nitrogen and oxygen atoms in total. The molecule has 0 aliphatic heterocycles. The molecule has 0 aliphatic rings. The number of rotatable bonds is 8. The molecular formula is C20H21Cl2NO4. The molecule has 7 heteroatoms. The van der Waals surface area contributed by atoms with Gasteiger partial charge in [0.15, 0.2) is 17.3 Å². The Bertz CT molecular complexity index is 845. The molecule has 1 heterocycles. The lowest BCUT2D eigenvalue weighted by atomic mass is 10.0. The van der Waals surface area contributed by atoms with Gasteiger partial charge in [0, 0.05) is 30.8 Å². The second-order valence-corrected chi connectivity index (χ2v) is 6.38. The van der Waals surface area contributed by atoms with Gasteiger partial charge in [-0.05, 0) is 25.1 Å². The zero-order valence-corrected chi connectivity index (χ0v) is 17.1. The summed E-state index contributed by atoms with van der Waals surface area (Å²) in [6.45, 7) is 3.82. The topological polar surface area (TPSA) is 57.7 Å². The third-order valence-corrected chi connectivity index (χ3v) is 4.65. The van der Waals surface area contributed by atoms with Gasteiger partial charge in [0.25, 0.3) is 0 Å². The molecule has 27 heavy (non-hydrogen) atoms. The lowest BCUT2D eigenvalue weighted by Gasteiger charge is -2.18. The highest BCUT2D eigenvalue weighted by Crippen LogP contribution is 2.42. The van der Waals surface area contributed by atoms with Crippen LogP contribution in [0.25, 0.3) is 0 Å². The summed E-state index contributed by atoms with van der Waals surface area (Å²) in [5.74, 6) is 1.61. The first-order valence-corrected chi connectivity index (χ1v) is 9.11. The largest absolute Gasteiger partial charge is 0.493 e. The zero-order valence-electron chi connectivity index (χ0n) is 15.6. The van der Waals surface area contributed by atoms with Gasteiger partial charge in [-0.2, -0.15) is 0 Å². The number of Topliss-reactive ketones (excluding diaryl/α,β-unsaturated/α-hetero) is 1. The van der Waals surface area contributed by atoms with Crippen LogP contribution in [0.5, 0.6) is 17.2 Å². The van der Waals surface area contributed by atoms with Crippen molar-refractivity contribution in [3.63, 3.8) is 0 Å². The van der Waals surface area contributed by atoms with Gasteiger partial charge in [0.2, 0.25) is 5.75 Å². The Balaban J connectivity index is 2.52. The molecular weight excluding hydrogens is 389 g/mol. The maximum atomic E-state index is 13.0. The number of benzene rings is 1. The summed E-state index contributed by atoms with van der Waals surface area (Å²) in [5.41, 5.74) is 0.866. The van der Waals surface area contributed by atoms with E-state index in [2.05, 4.69) is 4.98 Å². The number of halogens is 2. The molecule has 0 radical (unpaired) electrons. The van der Waals surface area contributed by atoms with E-state index in [0.717, 1.165) is 0 Å². The SMILES string of the molecule is CC=C(CC)Oc1c(C(=O)Cc2c(Cl)cncc2Cl)ccc(OC)c1OC. The fourth-order valence-corrected chi connectivity index (χ4v) is 3.05. The minimum Gasteiger partial charge on any atom is -0.493 e. The van der Waals surface area contributed by atoms with Crippen LogP contribution >= 0.6 is 23.2 Å². The molecule has 0 aliphatic carbocycles. The Kier molecular flexibility index (Phi) is 7.51. The summed E-state index contributed by atoms with van der Waals surface area (Å²) in [6.07, 6.45) is 5.41. The fraction of sp³-hybridized carbons (Fsp3) is 0.300. The number of aromatic nitrogens is 1. The normalized spacial score (nSPS) is 11.3. The first-order valence-electron chi connectivity index (χ1n) is 8.35. The number of nitrogens with zero attached hydrogens (tertiary/aromatic N) is 1. The van der Waals surface area contributed by atoms with Crippen LogP contribution in [0.15, 0.2) is 36.4 Å². The van der Waals surface area contributed by atoms with Crippen molar-refractivity contribution < 1.29 is 19.0 Å². The quantitative estimate of drug-likeness (QED) is 0.424. The average molecular weight is 410 g/mol. The number of hydrogen-bond donors (Lipinski definition) is 0. The molecule has 0 atom stereocenters. The summed E-state index contributed by atoms with van der Waals surface area (Å²) in [5, 5.41) is 0.669. The zero-order chi connectivity index (χ0) is 20.0. The van der Waals surface area contributed by atoms with Gasteiger partial charge in [0.05, 0.1) is 35.6 Å². The van der Waals surface area contributed by atoms with Crippen LogP contribution < -0.4 is 14.2 Å². The minimum absolute atomic E-state index is 0.00330. The Morgan fingerprint density at radius 1 is 1.11 bits per heavy atom. The van der Waals surface area contributed by atoms with E-state index in [0.29, 0.717) is 50.6 Å². The molecule has 0 saturated heterocycles. The maximum Gasteiger partial charge on any atom is 0.204 e. The van der Waals surface area contributed by atoms with Crippen LogP contribution in [0.3, 0.4) is 0 Å². The van der Waals surface area contributed by atoms with E-state index in [1.165, 1.54) is 26.6 Å². The smallest absolute Gasteiger partial charge is 0.204 e. The molecule has 0 unspecified atom stereocenters. The van der Waals surface area contributed by atoms with Gasteiger partial charge >= 0.3 is 0 Å². The van der Waals surface area contributed by atoms with Crippen molar-refractivity contribution in [3.05, 3.63) is 57.5 Å². The van der Waals surface area contributed by atoms with E-state index >= 15 is 0 Å². The van der Waals surface area contributed by atoms with Gasteiger partial charge in [-0.3, -0.25) is 9.78 Å². The molecule has 0 fully saturated rings. The first kappa shape index (κ1) is 21.1. The summed E-state index contributed by atoms with van der Waals surface area (Å²) in [4.78, 5) is 16.9. The fourth-order valence-electron chi connectivity index (χ4n) is 2.55. The van der Waals surface area contributed by atoms with E-state index in [1.807, 2.05) is 19.9 Å². The molecule has 2 aromatic rings. The summed E-state index contributed by atoms with van der Waals surface area (Å²) in [6, 6.07) is 3.31. The van der Waals surface area contributed by atoms with E-state index in [-0.39, 0.29) is 12.2 Å². The summed E-state index contributed by atoms with van der Waals surface area (Å²) < 4.78 is 16.8. The highest BCUT2D eigenvalue weighted by Gasteiger charge is 2.23. The number of allylic oxidation sites excluding steroid dienone is 2. The molecule has 0 saturated carbocycles. The molecule has 0 spiro atoms. The molecule has 0 N–H and O–H groups in total. The van der Waals surface area contributed by atoms with E-state index in [9.17, 15) is 4.79 Å². The van der Waals surface area contributed by atoms with Crippen molar-refractivity contribution in [1.82, 2.24) is 4.98 Å². The Morgan fingerprint density at radius 2 is 1.78 bits per heavy atom. The second kappa shape index (κ2) is 9.62. The van der Waals surface area contributed by atoms with E-state index < -0.39 is 0 Å². The predicted octanol–water partition coefficient (Wildman–Crippen LogP) is 5.52. The third-order valence-electron chi connectivity index (χ3n) is 3.99. The maximum absolute atomic E-state index is 13.0. The molecule has 144 valence electrons. The van der Waals surface area contributed by atoms with Gasteiger partial charge in [0.1, 0.15) is 0 Å². The predicted molar refractivity (Wildman–Crippen MR) is 107 cm³/mol. The standard InChI is InChI=1S/C20H21Cl2NO4/c1-5-12(6-2)27-19-13(7-8-18(25-3)20(19)26-4)17(24)9-14-15(21)10-23-11-16(14)22/h5,7-8,10-11H,6,9H2,1-4H3. The second-order valence-electron chi connectivity index (χ2n) is 5.57. The highest BCUT2D eigenvalue weighted by atomic mass is 35.5. The first-order chi connectivity index (χ1) is 13.0. The van der Waals surface area contributed by atoms with Crippen molar-refractivity contribution in [1.29, 1.82) is 0 Å². The van der Waals surface area contributed by atoms with Gasteiger partial charge in [-0.1, -0.05) is 30.1 Å². The molecule has 1 aromatic carbocycles.